The van der Waals surface area contributed by atoms with Gasteiger partial charge in [-0.3, -0.25) is 0 Å². The van der Waals surface area contributed by atoms with Crippen molar-refractivity contribution in [2.24, 2.45) is 0 Å². The van der Waals surface area contributed by atoms with Crippen LogP contribution in [0.1, 0.15) is 5.56 Å². The summed E-state index contributed by atoms with van der Waals surface area (Å²) < 4.78 is 26.5. The van der Waals surface area contributed by atoms with Gasteiger partial charge in [0.25, 0.3) is 10.0 Å². The van der Waals surface area contributed by atoms with Gasteiger partial charge in [-0.2, -0.15) is 0 Å². The third-order valence-electron chi connectivity index (χ3n) is 3.30. The summed E-state index contributed by atoms with van der Waals surface area (Å²) in [6, 6.07) is 13.4. The molecule has 0 bridgehead atoms. The van der Waals surface area contributed by atoms with Crippen LogP contribution < -0.4 is 0 Å². The van der Waals surface area contributed by atoms with E-state index in [4.69, 9.17) is 0 Å². The lowest BCUT2D eigenvalue weighted by atomic mass is 10.2. The largest absolute Gasteiger partial charge is 0.508 e. The molecule has 102 valence electrons. The number of nitrogens with zero attached hydrogens (tertiary/aromatic N) is 1. The van der Waals surface area contributed by atoms with Gasteiger partial charge in [0.15, 0.2) is 0 Å². The molecule has 0 aliphatic heterocycles. The standard InChI is InChI=1S/C15H13NO3S/c1-11-6-7-13(10-15(11)17)20(18,19)16-9-8-12-4-2-3-5-14(12)16/h2-10,17H,1H3. The zero-order valence-corrected chi connectivity index (χ0v) is 11.6. The van der Waals surface area contributed by atoms with Gasteiger partial charge in [0, 0.05) is 17.6 Å². The summed E-state index contributed by atoms with van der Waals surface area (Å²) in [5.41, 5.74) is 1.26. The molecular weight excluding hydrogens is 274 g/mol. The fourth-order valence-electron chi connectivity index (χ4n) is 2.13. The lowest BCUT2D eigenvalue weighted by molar-refractivity contribution is 0.469. The van der Waals surface area contributed by atoms with Crippen LogP contribution in [0.5, 0.6) is 5.75 Å². The molecule has 1 heterocycles. The Hall–Kier alpha value is -2.27. The van der Waals surface area contributed by atoms with E-state index < -0.39 is 10.0 Å². The zero-order chi connectivity index (χ0) is 14.3. The van der Waals surface area contributed by atoms with Crippen molar-refractivity contribution in [3.05, 3.63) is 60.3 Å². The highest BCUT2D eigenvalue weighted by atomic mass is 32.2. The van der Waals surface area contributed by atoms with Crippen LogP contribution in [0.2, 0.25) is 0 Å². The van der Waals surface area contributed by atoms with Crippen LogP contribution in [-0.2, 0) is 10.0 Å². The van der Waals surface area contributed by atoms with E-state index in [-0.39, 0.29) is 10.6 Å². The van der Waals surface area contributed by atoms with E-state index in [1.165, 1.54) is 22.3 Å². The van der Waals surface area contributed by atoms with E-state index in [1.807, 2.05) is 12.1 Å². The highest BCUT2D eigenvalue weighted by molar-refractivity contribution is 7.90. The molecule has 20 heavy (non-hydrogen) atoms. The molecule has 0 aliphatic carbocycles. The SMILES string of the molecule is Cc1ccc(S(=O)(=O)n2ccc3ccccc32)cc1O. The maximum Gasteiger partial charge on any atom is 0.268 e. The fourth-order valence-corrected chi connectivity index (χ4v) is 3.50. The van der Waals surface area contributed by atoms with E-state index >= 15 is 0 Å². The molecule has 0 atom stereocenters. The summed E-state index contributed by atoms with van der Waals surface area (Å²) in [4.78, 5) is 0.0713. The van der Waals surface area contributed by atoms with Crippen LogP contribution in [-0.4, -0.2) is 17.5 Å². The Balaban J connectivity index is 2.23. The molecule has 5 heteroatoms. The van der Waals surface area contributed by atoms with Gasteiger partial charge in [-0.25, -0.2) is 12.4 Å². The van der Waals surface area contributed by atoms with E-state index in [9.17, 15) is 13.5 Å². The van der Waals surface area contributed by atoms with E-state index in [0.717, 1.165) is 5.39 Å². The lowest BCUT2D eigenvalue weighted by Crippen LogP contribution is -2.11. The number of hydrogen-bond acceptors (Lipinski definition) is 3. The highest BCUT2D eigenvalue weighted by Gasteiger charge is 2.19. The fraction of sp³-hybridized carbons (Fsp3) is 0.0667. The van der Waals surface area contributed by atoms with Gasteiger partial charge < -0.3 is 5.11 Å². The third-order valence-corrected chi connectivity index (χ3v) is 4.99. The molecule has 0 saturated heterocycles. The number of aryl methyl sites for hydroxylation is 1. The minimum Gasteiger partial charge on any atom is -0.508 e. The second-order valence-corrected chi connectivity index (χ2v) is 6.44. The van der Waals surface area contributed by atoms with Crippen molar-refractivity contribution in [2.75, 3.05) is 0 Å². The topological polar surface area (TPSA) is 59.3 Å². The van der Waals surface area contributed by atoms with Crippen molar-refractivity contribution < 1.29 is 13.5 Å². The first kappa shape index (κ1) is 12.7. The zero-order valence-electron chi connectivity index (χ0n) is 10.8. The van der Waals surface area contributed by atoms with Gasteiger partial charge in [0.05, 0.1) is 10.4 Å². The average Bonchev–Trinajstić information content (AvgIpc) is 2.86. The first-order valence-electron chi connectivity index (χ1n) is 6.11. The number of hydrogen-bond donors (Lipinski definition) is 1. The highest BCUT2D eigenvalue weighted by Crippen LogP contribution is 2.25. The number of benzene rings is 2. The van der Waals surface area contributed by atoms with Gasteiger partial charge >= 0.3 is 0 Å². The summed E-state index contributed by atoms with van der Waals surface area (Å²) in [6.45, 7) is 1.72. The smallest absolute Gasteiger partial charge is 0.268 e. The molecule has 0 spiro atoms. The van der Waals surface area contributed by atoms with Crippen LogP contribution in [0, 0.1) is 6.92 Å². The normalized spacial score (nSPS) is 11.8. The number of phenols is 1. The van der Waals surface area contributed by atoms with Crippen molar-refractivity contribution in [3.8, 4) is 5.75 Å². The molecule has 3 aromatic rings. The average molecular weight is 287 g/mol. The van der Waals surface area contributed by atoms with Crippen molar-refractivity contribution >= 4 is 20.9 Å². The summed E-state index contributed by atoms with van der Waals surface area (Å²) >= 11 is 0. The lowest BCUT2D eigenvalue weighted by Gasteiger charge is -2.08. The second-order valence-electron chi connectivity index (χ2n) is 4.62. The predicted octanol–water partition coefficient (Wildman–Crippen LogP) is 2.89. The summed E-state index contributed by atoms with van der Waals surface area (Å²) in [5.74, 6) is -0.0254. The van der Waals surface area contributed by atoms with E-state index in [1.54, 1.807) is 31.2 Å². The number of rotatable bonds is 2. The molecular formula is C15H13NO3S. The third kappa shape index (κ3) is 1.87. The maximum atomic E-state index is 12.6. The number of aromatic nitrogens is 1. The summed E-state index contributed by atoms with van der Waals surface area (Å²) in [7, 11) is -3.70. The minimum absolute atomic E-state index is 0.0254. The van der Waals surface area contributed by atoms with Gasteiger partial charge in [0.2, 0.25) is 0 Å². The number of fused-ring (bicyclic) bond motifs is 1. The van der Waals surface area contributed by atoms with Gasteiger partial charge in [-0.05, 0) is 30.7 Å². The Morgan fingerprint density at radius 2 is 1.80 bits per heavy atom. The Labute approximate surface area is 117 Å². The molecule has 0 fully saturated rings. The summed E-state index contributed by atoms with van der Waals surface area (Å²) in [5, 5.41) is 10.6. The van der Waals surface area contributed by atoms with Crippen LogP contribution >= 0.6 is 0 Å². The molecule has 0 radical (unpaired) electrons. The van der Waals surface area contributed by atoms with E-state index in [2.05, 4.69) is 0 Å². The Kier molecular flexibility index (Phi) is 2.79. The maximum absolute atomic E-state index is 12.6. The Bertz CT molecular complexity index is 894. The van der Waals surface area contributed by atoms with Crippen LogP contribution in [0.25, 0.3) is 10.9 Å². The van der Waals surface area contributed by atoms with Gasteiger partial charge in [-0.15, -0.1) is 0 Å². The molecule has 0 amide bonds. The summed E-state index contributed by atoms with van der Waals surface area (Å²) in [6.07, 6.45) is 1.52. The molecule has 2 aromatic carbocycles. The van der Waals surface area contributed by atoms with Gasteiger partial charge in [0.1, 0.15) is 5.75 Å². The predicted molar refractivity (Wildman–Crippen MR) is 77.4 cm³/mol. The van der Waals surface area contributed by atoms with Crippen molar-refractivity contribution in [1.82, 2.24) is 3.97 Å². The number of para-hydroxylation sites is 1. The van der Waals surface area contributed by atoms with Crippen LogP contribution in [0.4, 0.5) is 0 Å². The van der Waals surface area contributed by atoms with Crippen molar-refractivity contribution in [3.63, 3.8) is 0 Å². The molecule has 4 nitrogen and oxygen atoms in total. The van der Waals surface area contributed by atoms with Gasteiger partial charge in [-0.1, -0.05) is 24.3 Å². The first-order chi connectivity index (χ1) is 9.50. The first-order valence-corrected chi connectivity index (χ1v) is 7.55. The molecule has 0 aliphatic rings. The number of phenolic OH excluding ortho intramolecular Hbond substituents is 1. The van der Waals surface area contributed by atoms with Crippen LogP contribution in [0.3, 0.4) is 0 Å². The Morgan fingerprint density at radius 3 is 2.55 bits per heavy atom. The molecule has 0 saturated carbocycles. The second kappa shape index (κ2) is 4.38. The minimum atomic E-state index is -3.70. The Morgan fingerprint density at radius 1 is 1.05 bits per heavy atom. The monoisotopic (exact) mass is 287 g/mol. The quantitative estimate of drug-likeness (QED) is 0.788. The molecule has 0 unspecified atom stereocenters. The van der Waals surface area contributed by atoms with E-state index in [0.29, 0.717) is 11.1 Å². The molecule has 3 rings (SSSR count). The number of aromatic hydroxyl groups is 1. The van der Waals surface area contributed by atoms with Crippen molar-refractivity contribution in [2.45, 2.75) is 11.8 Å². The van der Waals surface area contributed by atoms with Crippen molar-refractivity contribution in [1.29, 1.82) is 0 Å². The molecule has 1 N–H and O–H groups in total. The van der Waals surface area contributed by atoms with Crippen LogP contribution in [0.15, 0.2) is 59.6 Å². The molecule has 1 aromatic heterocycles.